The number of para-hydroxylation sites is 1. The molecule has 1 amide bonds. The lowest BCUT2D eigenvalue weighted by molar-refractivity contribution is -0.384. The van der Waals surface area contributed by atoms with Gasteiger partial charge in [0.15, 0.2) is 0 Å². The number of rotatable bonds is 5. The quantitative estimate of drug-likeness (QED) is 0.513. The summed E-state index contributed by atoms with van der Waals surface area (Å²) in [5.41, 5.74) is 3.70. The van der Waals surface area contributed by atoms with Crippen LogP contribution in [0.2, 0.25) is 0 Å². The highest BCUT2D eigenvalue weighted by atomic mass is 16.6. The molecule has 0 bridgehead atoms. The number of benzene rings is 2. The van der Waals surface area contributed by atoms with Crippen LogP contribution in [0.25, 0.3) is 6.08 Å². The van der Waals surface area contributed by atoms with Crippen LogP contribution >= 0.6 is 0 Å². The van der Waals surface area contributed by atoms with Crippen LogP contribution in [0.15, 0.2) is 48.5 Å². The first-order valence-corrected chi connectivity index (χ1v) is 7.33. The van der Waals surface area contributed by atoms with Crippen molar-refractivity contribution in [3.05, 3.63) is 75.3 Å². The molecule has 5 nitrogen and oxygen atoms in total. The molecule has 2 rings (SSSR count). The van der Waals surface area contributed by atoms with E-state index in [0.29, 0.717) is 0 Å². The lowest BCUT2D eigenvalue weighted by atomic mass is 10.1. The van der Waals surface area contributed by atoms with Crippen molar-refractivity contribution in [1.82, 2.24) is 0 Å². The first-order valence-electron chi connectivity index (χ1n) is 7.33. The highest BCUT2D eigenvalue weighted by Gasteiger charge is 2.07. The Balaban J connectivity index is 2.09. The van der Waals surface area contributed by atoms with Gasteiger partial charge in [-0.1, -0.05) is 25.1 Å². The van der Waals surface area contributed by atoms with Gasteiger partial charge in [-0.2, -0.15) is 0 Å². The largest absolute Gasteiger partial charge is 0.322 e. The van der Waals surface area contributed by atoms with Gasteiger partial charge in [-0.15, -0.1) is 0 Å². The van der Waals surface area contributed by atoms with E-state index in [2.05, 4.69) is 5.32 Å². The minimum absolute atomic E-state index is 0.0269. The summed E-state index contributed by atoms with van der Waals surface area (Å²) in [4.78, 5) is 22.2. The fourth-order valence-corrected chi connectivity index (χ4v) is 2.25. The summed E-state index contributed by atoms with van der Waals surface area (Å²) in [6.07, 6.45) is 3.89. The third kappa shape index (κ3) is 4.26. The molecule has 0 aromatic heterocycles. The molecule has 5 heteroatoms. The molecule has 0 heterocycles. The van der Waals surface area contributed by atoms with Gasteiger partial charge in [0.1, 0.15) is 0 Å². The third-order valence-electron chi connectivity index (χ3n) is 3.52. The lowest BCUT2D eigenvalue weighted by Gasteiger charge is -2.11. The molecule has 0 atom stereocenters. The molecule has 0 saturated carbocycles. The zero-order valence-electron chi connectivity index (χ0n) is 13.1. The third-order valence-corrected chi connectivity index (χ3v) is 3.52. The van der Waals surface area contributed by atoms with E-state index >= 15 is 0 Å². The zero-order chi connectivity index (χ0) is 16.8. The first-order chi connectivity index (χ1) is 11.0. The second-order valence-electron chi connectivity index (χ2n) is 5.13. The monoisotopic (exact) mass is 310 g/mol. The van der Waals surface area contributed by atoms with Crippen molar-refractivity contribution in [1.29, 1.82) is 0 Å². The van der Waals surface area contributed by atoms with E-state index in [1.54, 1.807) is 18.2 Å². The molecule has 118 valence electrons. The Morgan fingerprint density at radius 3 is 2.52 bits per heavy atom. The van der Waals surface area contributed by atoms with Gasteiger partial charge in [-0.05, 0) is 48.2 Å². The molecule has 0 aliphatic carbocycles. The van der Waals surface area contributed by atoms with E-state index in [1.807, 2.05) is 32.0 Å². The van der Waals surface area contributed by atoms with Gasteiger partial charge in [0.25, 0.3) is 5.69 Å². The van der Waals surface area contributed by atoms with Gasteiger partial charge < -0.3 is 5.32 Å². The standard InChI is InChI=1S/C18H18N2O3/c1-3-15-6-4-5-13(2)18(15)19-17(21)12-9-14-7-10-16(11-8-14)20(22)23/h4-12H,3H2,1-2H3,(H,19,21)/b12-9+. The normalized spacial score (nSPS) is 10.7. The number of carbonyl (C=O) groups excluding carboxylic acids is 1. The topological polar surface area (TPSA) is 72.2 Å². The zero-order valence-corrected chi connectivity index (χ0v) is 13.1. The number of aryl methyl sites for hydroxylation is 2. The summed E-state index contributed by atoms with van der Waals surface area (Å²) in [6, 6.07) is 11.9. The smallest absolute Gasteiger partial charge is 0.269 e. The molecule has 0 saturated heterocycles. The van der Waals surface area contributed by atoms with E-state index < -0.39 is 4.92 Å². The summed E-state index contributed by atoms with van der Waals surface area (Å²) >= 11 is 0. The molecular formula is C18H18N2O3. The fourth-order valence-electron chi connectivity index (χ4n) is 2.25. The molecule has 2 aromatic rings. The average Bonchev–Trinajstić information content (AvgIpc) is 2.55. The van der Waals surface area contributed by atoms with Crippen molar-refractivity contribution in [3.8, 4) is 0 Å². The molecule has 0 fully saturated rings. The van der Waals surface area contributed by atoms with Crippen LogP contribution in [0.5, 0.6) is 0 Å². The molecular weight excluding hydrogens is 292 g/mol. The predicted octanol–water partition coefficient (Wildman–Crippen LogP) is 4.12. The number of non-ortho nitro benzene ring substituents is 1. The second kappa shape index (κ2) is 7.35. The Kier molecular flexibility index (Phi) is 5.25. The molecule has 0 aliphatic heterocycles. The number of nitrogens with one attached hydrogen (secondary N) is 1. The predicted molar refractivity (Wildman–Crippen MR) is 91.3 cm³/mol. The molecule has 23 heavy (non-hydrogen) atoms. The van der Waals surface area contributed by atoms with Crippen LogP contribution in [0, 0.1) is 17.0 Å². The number of nitrogens with zero attached hydrogens (tertiary/aromatic N) is 1. The number of carbonyl (C=O) groups is 1. The van der Waals surface area contributed by atoms with Crippen LogP contribution in [-0.2, 0) is 11.2 Å². The van der Waals surface area contributed by atoms with Gasteiger partial charge >= 0.3 is 0 Å². The number of amides is 1. The fraction of sp³-hybridized carbons (Fsp3) is 0.167. The molecule has 0 radical (unpaired) electrons. The number of hydrogen-bond acceptors (Lipinski definition) is 3. The Labute approximate surface area is 134 Å². The highest BCUT2D eigenvalue weighted by Crippen LogP contribution is 2.21. The summed E-state index contributed by atoms with van der Waals surface area (Å²) in [6.45, 7) is 3.99. The maximum atomic E-state index is 12.1. The van der Waals surface area contributed by atoms with Crippen molar-refractivity contribution < 1.29 is 9.72 Å². The van der Waals surface area contributed by atoms with Gasteiger partial charge in [0.2, 0.25) is 5.91 Å². The number of hydrogen-bond donors (Lipinski definition) is 1. The van der Waals surface area contributed by atoms with Crippen molar-refractivity contribution in [2.24, 2.45) is 0 Å². The maximum Gasteiger partial charge on any atom is 0.269 e. The lowest BCUT2D eigenvalue weighted by Crippen LogP contribution is -2.11. The Bertz CT molecular complexity index is 749. The van der Waals surface area contributed by atoms with E-state index in [0.717, 1.165) is 28.8 Å². The molecule has 0 unspecified atom stereocenters. The Morgan fingerprint density at radius 2 is 1.91 bits per heavy atom. The molecule has 0 spiro atoms. The summed E-state index contributed by atoms with van der Waals surface area (Å²) in [5.74, 6) is -0.229. The van der Waals surface area contributed by atoms with Crippen molar-refractivity contribution in [2.75, 3.05) is 5.32 Å². The Hall–Kier alpha value is -2.95. The van der Waals surface area contributed by atoms with Crippen LogP contribution in [0.1, 0.15) is 23.6 Å². The van der Waals surface area contributed by atoms with Crippen molar-refractivity contribution in [3.63, 3.8) is 0 Å². The number of anilines is 1. The van der Waals surface area contributed by atoms with Crippen molar-refractivity contribution >= 4 is 23.4 Å². The van der Waals surface area contributed by atoms with E-state index in [-0.39, 0.29) is 11.6 Å². The molecule has 1 N–H and O–H groups in total. The minimum Gasteiger partial charge on any atom is -0.322 e. The highest BCUT2D eigenvalue weighted by molar-refractivity contribution is 6.02. The van der Waals surface area contributed by atoms with Crippen LogP contribution in [0.3, 0.4) is 0 Å². The minimum atomic E-state index is -0.454. The van der Waals surface area contributed by atoms with E-state index in [4.69, 9.17) is 0 Å². The maximum absolute atomic E-state index is 12.1. The van der Waals surface area contributed by atoms with Gasteiger partial charge in [-0.3, -0.25) is 14.9 Å². The number of nitro groups is 1. The average molecular weight is 310 g/mol. The number of nitro benzene ring substituents is 1. The molecule has 0 aliphatic rings. The van der Waals surface area contributed by atoms with Crippen LogP contribution < -0.4 is 5.32 Å². The van der Waals surface area contributed by atoms with Gasteiger partial charge in [-0.25, -0.2) is 0 Å². The van der Waals surface area contributed by atoms with Crippen LogP contribution in [-0.4, -0.2) is 10.8 Å². The second-order valence-corrected chi connectivity index (χ2v) is 5.13. The SMILES string of the molecule is CCc1cccc(C)c1NC(=O)/C=C/c1ccc([N+](=O)[O-])cc1. The van der Waals surface area contributed by atoms with Crippen molar-refractivity contribution in [2.45, 2.75) is 20.3 Å². The summed E-state index contributed by atoms with van der Waals surface area (Å²) < 4.78 is 0. The van der Waals surface area contributed by atoms with Gasteiger partial charge in [0.05, 0.1) is 4.92 Å². The van der Waals surface area contributed by atoms with Gasteiger partial charge in [0, 0.05) is 23.9 Å². The Morgan fingerprint density at radius 1 is 1.22 bits per heavy atom. The molecule has 2 aromatic carbocycles. The summed E-state index contributed by atoms with van der Waals surface area (Å²) in [5, 5.41) is 13.5. The van der Waals surface area contributed by atoms with Crippen LogP contribution in [0.4, 0.5) is 11.4 Å². The van der Waals surface area contributed by atoms with E-state index in [1.165, 1.54) is 18.2 Å². The van der Waals surface area contributed by atoms with E-state index in [9.17, 15) is 14.9 Å². The summed E-state index contributed by atoms with van der Waals surface area (Å²) in [7, 11) is 0. The first kappa shape index (κ1) is 16.4.